The molecule has 0 heterocycles. The summed E-state index contributed by atoms with van der Waals surface area (Å²) in [5.41, 5.74) is 2.12. The molecule has 0 bridgehead atoms. The SMILES string of the molecule is CC[C@H](C(=O)NC(C)C)N(Cc1ccc(Cl)cc1)C(=O)CN(c1ccc(C(C)(C)C)cc1)S(C)(=O)=O. The number of nitrogens with zero attached hydrogens (tertiary/aromatic N) is 2. The van der Waals surface area contributed by atoms with Gasteiger partial charge < -0.3 is 10.2 Å². The number of halogens is 1. The van der Waals surface area contributed by atoms with E-state index in [0.717, 1.165) is 21.7 Å². The summed E-state index contributed by atoms with van der Waals surface area (Å²) in [6.45, 7) is 11.5. The van der Waals surface area contributed by atoms with Gasteiger partial charge in [-0.05, 0) is 61.1 Å². The van der Waals surface area contributed by atoms with E-state index in [0.29, 0.717) is 17.1 Å². The van der Waals surface area contributed by atoms with Crippen LogP contribution in [0.3, 0.4) is 0 Å². The van der Waals surface area contributed by atoms with E-state index < -0.39 is 28.5 Å². The van der Waals surface area contributed by atoms with Gasteiger partial charge in [0.25, 0.3) is 0 Å². The number of hydrogen-bond donors (Lipinski definition) is 1. The van der Waals surface area contributed by atoms with E-state index >= 15 is 0 Å². The van der Waals surface area contributed by atoms with Crippen molar-refractivity contribution in [2.24, 2.45) is 0 Å². The average molecular weight is 536 g/mol. The second kappa shape index (κ2) is 12.1. The molecule has 198 valence electrons. The molecule has 2 aromatic carbocycles. The fraction of sp³-hybridized carbons (Fsp3) is 0.481. The Morgan fingerprint density at radius 1 is 1.00 bits per heavy atom. The number of amides is 2. The fourth-order valence-electron chi connectivity index (χ4n) is 3.83. The minimum atomic E-state index is -3.78. The van der Waals surface area contributed by atoms with Gasteiger partial charge >= 0.3 is 0 Å². The molecule has 0 unspecified atom stereocenters. The van der Waals surface area contributed by atoms with Crippen molar-refractivity contribution in [3.63, 3.8) is 0 Å². The zero-order valence-electron chi connectivity index (χ0n) is 22.2. The van der Waals surface area contributed by atoms with Gasteiger partial charge in [-0.3, -0.25) is 13.9 Å². The van der Waals surface area contributed by atoms with Crippen molar-refractivity contribution in [3.8, 4) is 0 Å². The number of rotatable bonds is 10. The van der Waals surface area contributed by atoms with Crippen LogP contribution in [0.1, 0.15) is 59.1 Å². The maximum atomic E-state index is 13.7. The topological polar surface area (TPSA) is 86.8 Å². The van der Waals surface area contributed by atoms with Crippen LogP contribution in [-0.2, 0) is 31.6 Å². The number of anilines is 1. The standard InChI is InChI=1S/C27H38ClN3O4S/c1-8-24(26(33)29-19(2)3)30(17-20-9-13-22(28)14-10-20)25(32)18-31(36(7,34)35)23-15-11-21(12-16-23)27(4,5)6/h9-16,19,24H,8,17-18H2,1-7H3,(H,29,33)/t24-/m1/s1. The molecule has 1 atom stereocenters. The molecule has 0 spiro atoms. The van der Waals surface area contributed by atoms with E-state index in [4.69, 9.17) is 11.6 Å². The zero-order chi connectivity index (χ0) is 27.3. The molecule has 0 aliphatic carbocycles. The third-order valence-electron chi connectivity index (χ3n) is 5.78. The van der Waals surface area contributed by atoms with Crippen LogP contribution in [0, 0.1) is 0 Å². The van der Waals surface area contributed by atoms with Gasteiger partial charge in [0.05, 0.1) is 11.9 Å². The van der Waals surface area contributed by atoms with Gasteiger partial charge in [0.1, 0.15) is 12.6 Å². The van der Waals surface area contributed by atoms with Crippen molar-refractivity contribution in [2.45, 2.75) is 72.0 Å². The molecule has 0 fully saturated rings. The molecule has 0 aromatic heterocycles. The molecule has 2 aromatic rings. The first-order valence-electron chi connectivity index (χ1n) is 12.1. The van der Waals surface area contributed by atoms with Crippen LogP contribution in [0.15, 0.2) is 48.5 Å². The third-order valence-corrected chi connectivity index (χ3v) is 7.18. The number of carbonyl (C=O) groups excluding carboxylic acids is 2. The van der Waals surface area contributed by atoms with E-state index in [9.17, 15) is 18.0 Å². The molecule has 0 saturated heterocycles. The Bertz CT molecular complexity index is 1140. The van der Waals surface area contributed by atoms with Crippen LogP contribution >= 0.6 is 11.6 Å². The number of nitrogens with one attached hydrogen (secondary N) is 1. The Morgan fingerprint density at radius 3 is 2.00 bits per heavy atom. The Morgan fingerprint density at radius 2 is 1.56 bits per heavy atom. The fourth-order valence-corrected chi connectivity index (χ4v) is 4.80. The number of hydrogen-bond acceptors (Lipinski definition) is 4. The minimum absolute atomic E-state index is 0.0994. The lowest BCUT2D eigenvalue weighted by Gasteiger charge is -2.33. The summed E-state index contributed by atoms with van der Waals surface area (Å²) in [5, 5.41) is 3.43. The summed E-state index contributed by atoms with van der Waals surface area (Å²) in [7, 11) is -3.78. The lowest BCUT2D eigenvalue weighted by Crippen LogP contribution is -2.53. The molecule has 1 N–H and O–H groups in total. The highest BCUT2D eigenvalue weighted by atomic mass is 35.5. The number of carbonyl (C=O) groups is 2. The van der Waals surface area contributed by atoms with E-state index in [-0.39, 0.29) is 23.9 Å². The molecule has 7 nitrogen and oxygen atoms in total. The van der Waals surface area contributed by atoms with Gasteiger partial charge in [0, 0.05) is 17.6 Å². The van der Waals surface area contributed by atoms with E-state index in [1.807, 2.05) is 32.9 Å². The van der Waals surface area contributed by atoms with Gasteiger partial charge in [-0.2, -0.15) is 0 Å². The highest BCUT2D eigenvalue weighted by Crippen LogP contribution is 2.26. The Labute approximate surface area is 220 Å². The molecule has 9 heteroatoms. The molecule has 0 aliphatic heterocycles. The molecule has 2 amide bonds. The van der Waals surface area contributed by atoms with Crippen molar-refractivity contribution in [2.75, 3.05) is 17.1 Å². The highest BCUT2D eigenvalue weighted by Gasteiger charge is 2.32. The van der Waals surface area contributed by atoms with E-state index in [2.05, 4.69) is 26.1 Å². The Hall–Kier alpha value is -2.58. The van der Waals surface area contributed by atoms with Crippen LogP contribution in [0.4, 0.5) is 5.69 Å². The average Bonchev–Trinajstić information content (AvgIpc) is 2.76. The molecule has 2 rings (SSSR count). The van der Waals surface area contributed by atoms with Crippen LogP contribution < -0.4 is 9.62 Å². The van der Waals surface area contributed by atoms with Gasteiger partial charge in [-0.15, -0.1) is 0 Å². The van der Waals surface area contributed by atoms with Crippen LogP contribution in [0.5, 0.6) is 0 Å². The largest absolute Gasteiger partial charge is 0.352 e. The molecular formula is C27H38ClN3O4S. The predicted octanol–water partition coefficient (Wildman–Crippen LogP) is 4.74. The summed E-state index contributed by atoms with van der Waals surface area (Å²) in [4.78, 5) is 28.1. The molecule has 0 saturated carbocycles. The number of benzene rings is 2. The Balaban J connectivity index is 2.44. The van der Waals surface area contributed by atoms with E-state index in [1.165, 1.54) is 4.90 Å². The van der Waals surface area contributed by atoms with Crippen molar-refractivity contribution in [1.82, 2.24) is 10.2 Å². The second-order valence-electron chi connectivity index (χ2n) is 10.3. The summed E-state index contributed by atoms with van der Waals surface area (Å²) in [5.74, 6) is -0.753. The van der Waals surface area contributed by atoms with Gasteiger partial charge in [0.15, 0.2) is 0 Å². The summed E-state index contributed by atoms with van der Waals surface area (Å²) in [6, 6.07) is 13.3. The Kier molecular flexibility index (Phi) is 9.97. The zero-order valence-corrected chi connectivity index (χ0v) is 23.8. The van der Waals surface area contributed by atoms with Crippen LogP contribution in [0.2, 0.25) is 5.02 Å². The predicted molar refractivity (Wildman–Crippen MR) is 147 cm³/mol. The first-order valence-corrected chi connectivity index (χ1v) is 14.3. The van der Waals surface area contributed by atoms with E-state index in [1.54, 1.807) is 36.4 Å². The molecular weight excluding hydrogens is 498 g/mol. The van der Waals surface area contributed by atoms with Gasteiger partial charge in [-0.25, -0.2) is 8.42 Å². The third kappa shape index (κ3) is 8.23. The maximum absolute atomic E-state index is 13.7. The first-order chi connectivity index (χ1) is 16.6. The van der Waals surface area contributed by atoms with Gasteiger partial charge in [-0.1, -0.05) is 63.6 Å². The second-order valence-corrected chi connectivity index (χ2v) is 12.6. The van der Waals surface area contributed by atoms with Crippen molar-refractivity contribution in [1.29, 1.82) is 0 Å². The van der Waals surface area contributed by atoms with Crippen molar-refractivity contribution < 1.29 is 18.0 Å². The minimum Gasteiger partial charge on any atom is -0.352 e. The van der Waals surface area contributed by atoms with Crippen LogP contribution in [0.25, 0.3) is 0 Å². The molecule has 0 aliphatic rings. The smallest absolute Gasteiger partial charge is 0.244 e. The molecule has 0 radical (unpaired) electrons. The van der Waals surface area contributed by atoms with Crippen molar-refractivity contribution >= 4 is 39.1 Å². The molecule has 36 heavy (non-hydrogen) atoms. The lowest BCUT2D eigenvalue weighted by molar-refractivity contribution is -0.140. The lowest BCUT2D eigenvalue weighted by atomic mass is 9.87. The van der Waals surface area contributed by atoms with Gasteiger partial charge in [0.2, 0.25) is 21.8 Å². The van der Waals surface area contributed by atoms with Crippen molar-refractivity contribution in [3.05, 3.63) is 64.7 Å². The first kappa shape index (κ1) is 29.6. The number of sulfonamides is 1. The monoisotopic (exact) mass is 535 g/mol. The summed E-state index contributed by atoms with van der Waals surface area (Å²) >= 11 is 6.02. The normalized spacial score (nSPS) is 12.8. The van der Waals surface area contributed by atoms with Crippen LogP contribution in [-0.4, -0.2) is 50.0 Å². The highest BCUT2D eigenvalue weighted by molar-refractivity contribution is 7.92. The quantitative estimate of drug-likeness (QED) is 0.476. The summed E-state index contributed by atoms with van der Waals surface area (Å²) in [6.07, 6.45) is 1.45. The maximum Gasteiger partial charge on any atom is 0.244 e. The summed E-state index contributed by atoms with van der Waals surface area (Å²) < 4.78 is 26.6.